The van der Waals surface area contributed by atoms with Gasteiger partial charge >= 0.3 is 0 Å². The molecule has 2 aromatic heterocycles. The van der Waals surface area contributed by atoms with Gasteiger partial charge in [0.25, 0.3) is 0 Å². The second-order valence-electron chi connectivity index (χ2n) is 5.68. The van der Waals surface area contributed by atoms with E-state index >= 15 is 0 Å². The predicted octanol–water partition coefficient (Wildman–Crippen LogP) is 2.09. The fraction of sp³-hybridized carbons (Fsp3) is 0.235. The van der Waals surface area contributed by atoms with E-state index in [9.17, 15) is 4.79 Å². The van der Waals surface area contributed by atoms with Gasteiger partial charge in [-0.05, 0) is 36.7 Å². The molecule has 110 valence electrons. The van der Waals surface area contributed by atoms with Gasteiger partial charge in [-0.1, -0.05) is 6.07 Å². The van der Waals surface area contributed by atoms with Gasteiger partial charge in [-0.2, -0.15) is 0 Å². The molecule has 0 saturated carbocycles. The summed E-state index contributed by atoms with van der Waals surface area (Å²) in [6.45, 7) is 1.21. The predicted molar refractivity (Wildman–Crippen MR) is 86.6 cm³/mol. The van der Waals surface area contributed by atoms with Crippen molar-refractivity contribution in [2.45, 2.75) is 6.42 Å². The second kappa shape index (κ2) is 5.03. The number of anilines is 1. The van der Waals surface area contributed by atoms with Crippen molar-refractivity contribution >= 4 is 33.4 Å². The molecule has 1 saturated heterocycles. The minimum atomic E-state index is 0.129. The van der Waals surface area contributed by atoms with Crippen LogP contribution < -0.4 is 10.6 Å². The molecule has 0 aliphatic carbocycles. The quantitative estimate of drug-likeness (QED) is 0.734. The Labute approximate surface area is 127 Å². The molecule has 4 rings (SSSR count). The standard InChI is InChI=1S/C17H16N4O/c18-9-11-7-15(22)21(10-11)14-8-12-3-1-5-19-16(12)17-13(14)4-2-6-20-17/h1-6,8,11H,7,9-10,18H2. The third kappa shape index (κ3) is 1.94. The van der Waals surface area contributed by atoms with Crippen LogP contribution in [0, 0.1) is 5.92 Å². The normalized spacial score (nSPS) is 18.5. The Hall–Kier alpha value is -2.53. The highest BCUT2D eigenvalue weighted by Crippen LogP contribution is 2.34. The number of amides is 1. The number of hydrogen-bond donors (Lipinski definition) is 1. The number of nitrogens with zero attached hydrogens (tertiary/aromatic N) is 3. The molecule has 2 N–H and O–H groups in total. The summed E-state index contributed by atoms with van der Waals surface area (Å²) in [5.74, 6) is 0.354. The maximum Gasteiger partial charge on any atom is 0.227 e. The van der Waals surface area contributed by atoms with Crippen molar-refractivity contribution < 1.29 is 4.79 Å². The monoisotopic (exact) mass is 292 g/mol. The molecule has 5 nitrogen and oxygen atoms in total. The van der Waals surface area contributed by atoms with Crippen molar-refractivity contribution in [1.29, 1.82) is 0 Å². The molecule has 0 bridgehead atoms. The molecule has 1 aliphatic heterocycles. The van der Waals surface area contributed by atoms with Crippen molar-refractivity contribution in [3.05, 3.63) is 42.7 Å². The SMILES string of the molecule is NCC1CC(=O)N(c2cc3cccnc3c3ncccc23)C1. The molecule has 1 fully saturated rings. The molecule has 1 unspecified atom stereocenters. The third-order valence-electron chi connectivity index (χ3n) is 4.27. The van der Waals surface area contributed by atoms with E-state index in [0.717, 1.165) is 27.5 Å². The van der Waals surface area contributed by atoms with Crippen LogP contribution >= 0.6 is 0 Å². The number of nitrogens with two attached hydrogens (primary N) is 1. The first-order valence-corrected chi connectivity index (χ1v) is 7.41. The lowest BCUT2D eigenvalue weighted by Crippen LogP contribution is -2.26. The topological polar surface area (TPSA) is 72.1 Å². The van der Waals surface area contributed by atoms with Crippen molar-refractivity contribution in [3.63, 3.8) is 0 Å². The molecule has 1 aliphatic rings. The number of benzene rings is 1. The first-order valence-electron chi connectivity index (χ1n) is 7.41. The zero-order chi connectivity index (χ0) is 15.1. The largest absolute Gasteiger partial charge is 0.330 e. The van der Waals surface area contributed by atoms with Gasteiger partial charge in [0.15, 0.2) is 0 Å². The third-order valence-corrected chi connectivity index (χ3v) is 4.27. The van der Waals surface area contributed by atoms with Crippen molar-refractivity contribution in [3.8, 4) is 0 Å². The summed E-state index contributed by atoms with van der Waals surface area (Å²) in [5, 5.41) is 1.95. The summed E-state index contributed by atoms with van der Waals surface area (Å²) >= 11 is 0. The molecular formula is C17H16N4O. The Kier molecular flexibility index (Phi) is 3.01. The minimum Gasteiger partial charge on any atom is -0.330 e. The van der Waals surface area contributed by atoms with E-state index in [4.69, 9.17) is 5.73 Å². The Bertz CT molecular complexity index is 877. The second-order valence-corrected chi connectivity index (χ2v) is 5.68. The molecule has 0 radical (unpaired) electrons. The van der Waals surface area contributed by atoms with E-state index in [2.05, 4.69) is 9.97 Å². The number of hydrogen-bond acceptors (Lipinski definition) is 4. The van der Waals surface area contributed by atoms with E-state index in [1.54, 1.807) is 12.4 Å². The van der Waals surface area contributed by atoms with Gasteiger partial charge < -0.3 is 10.6 Å². The highest BCUT2D eigenvalue weighted by Gasteiger charge is 2.31. The molecular weight excluding hydrogens is 276 g/mol. The first-order chi connectivity index (χ1) is 10.8. The Morgan fingerprint density at radius 1 is 1.18 bits per heavy atom. The number of fused-ring (bicyclic) bond motifs is 3. The van der Waals surface area contributed by atoms with Crippen LogP contribution in [0.3, 0.4) is 0 Å². The number of carbonyl (C=O) groups excluding carboxylic acids is 1. The number of pyridine rings is 2. The van der Waals surface area contributed by atoms with Crippen molar-refractivity contribution in [2.24, 2.45) is 11.7 Å². The van der Waals surface area contributed by atoms with Crippen LogP contribution in [0.5, 0.6) is 0 Å². The Morgan fingerprint density at radius 2 is 1.95 bits per heavy atom. The van der Waals surface area contributed by atoms with Gasteiger partial charge in [-0.3, -0.25) is 14.8 Å². The Morgan fingerprint density at radius 3 is 2.73 bits per heavy atom. The minimum absolute atomic E-state index is 0.129. The van der Waals surface area contributed by atoms with E-state index in [1.165, 1.54) is 0 Å². The van der Waals surface area contributed by atoms with E-state index < -0.39 is 0 Å². The average molecular weight is 292 g/mol. The molecule has 5 heteroatoms. The van der Waals surface area contributed by atoms with Crippen molar-refractivity contribution in [2.75, 3.05) is 18.0 Å². The van der Waals surface area contributed by atoms with Crippen LogP contribution in [-0.2, 0) is 4.79 Å². The molecule has 3 aromatic rings. The molecule has 0 spiro atoms. The maximum atomic E-state index is 12.4. The lowest BCUT2D eigenvalue weighted by atomic mass is 10.1. The van der Waals surface area contributed by atoms with Gasteiger partial charge in [-0.25, -0.2) is 0 Å². The van der Waals surface area contributed by atoms with Crippen LogP contribution in [0.25, 0.3) is 21.8 Å². The summed E-state index contributed by atoms with van der Waals surface area (Å²) < 4.78 is 0. The summed E-state index contributed by atoms with van der Waals surface area (Å²) in [6.07, 6.45) is 4.04. The van der Waals surface area contributed by atoms with Gasteiger partial charge in [0.1, 0.15) is 0 Å². The lowest BCUT2D eigenvalue weighted by Gasteiger charge is -2.19. The summed E-state index contributed by atoms with van der Waals surface area (Å²) in [7, 11) is 0. The number of aromatic nitrogens is 2. The zero-order valence-electron chi connectivity index (χ0n) is 12.1. The van der Waals surface area contributed by atoms with Crippen LogP contribution in [0.4, 0.5) is 5.69 Å². The van der Waals surface area contributed by atoms with Gasteiger partial charge in [-0.15, -0.1) is 0 Å². The fourth-order valence-electron chi connectivity index (χ4n) is 3.15. The summed E-state index contributed by atoms with van der Waals surface area (Å²) in [6, 6.07) is 9.82. The van der Waals surface area contributed by atoms with Gasteiger partial charge in [0.05, 0.1) is 16.7 Å². The van der Waals surface area contributed by atoms with Crippen LogP contribution in [0.15, 0.2) is 42.7 Å². The highest BCUT2D eigenvalue weighted by molar-refractivity contribution is 6.13. The molecule has 1 amide bonds. The molecule has 22 heavy (non-hydrogen) atoms. The first kappa shape index (κ1) is 13.2. The summed E-state index contributed by atoms with van der Waals surface area (Å²) in [4.78, 5) is 23.1. The van der Waals surface area contributed by atoms with E-state index in [1.807, 2.05) is 35.2 Å². The molecule has 1 atom stereocenters. The smallest absolute Gasteiger partial charge is 0.227 e. The van der Waals surface area contributed by atoms with E-state index in [-0.39, 0.29) is 11.8 Å². The fourth-order valence-corrected chi connectivity index (χ4v) is 3.15. The van der Waals surface area contributed by atoms with Gasteiger partial charge in [0, 0.05) is 36.1 Å². The van der Waals surface area contributed by atoms with Gasteiger partial charge in [0.2, 0.25) is 5.91 Å². The highest BCUT2D eigenvalue weighted by atomic mass is 16.2. The summed E-state index contributed by atoms with van der Waals surface area (Å²) in [5.41, 5.74) is 8.34. The van der Waals surface area contributed by atoms with Crippen LogP contribution in [0.2, 0.25) is 0 Å². The average Bonchev–Trinajstić information content (AvgIpc) is 2.95. The van der Waals surface area contributed by atoms with Crippen LogP contribution in [0.1, 0.15) is 6.42 Å². The molecule has 1 aromatic carbocycles. The zero-order valence-corrected chi connectivity index (χ0v) is 12.1. The van der Waals surface area contributed by atoms with Crippen LogP contribution in [-0.4, -0.2) is 29.0 Å². The Balaban J connectivity index is 1.98. The van der Waals surface area contributed by atoms with Crippen molar-refractivity contribution in [1.82, 2.24) is 9.97 Å². The number of carbonyl (C=O) groups is 1. The maximum absolute atomic E-state index is 12.4. The van der Waals surface area contributed by atoms with E-state index in [0.29, 0.717) is 19.5 Å². The number of rotatable bonds is 2. The molecule has 3 heterocycles. The lowest BCUT2D eigenvalue weighted by molar-refractivity contribution is -0.117.